The summed E-state index contributed by atoms with van der Waals surface area (Å²) in [5, 5.41) is 2.72. The van der Waals surface area contributed by atoms with E-state index < -0.39 is 11.7 Å². The van der Waals surface area contributed by atoms with Crippen molar-refractivity contribution < 1.29 is 27.5 Å². The van der Waals surface area contributed by atoms with Crippen molar-refractivity contribution in [3.63, 3.8) is 0 Å². The number of carbonyl (C=O) groups is 2. The number of esters is 1. The smallest absolute Gasteiger partial charge is 0.416 e. The zero-order valence-electron chi connectivity index (χ0n) is 22.9. The normalized spacial score (nSPS) is 12.0. The SMILES string of the molecule is COC(=O)CCNC(=O)c1ccc(/C(=C/c2cc(C)c(-c3ccc(C(F)(F)F)cc3)c(C)c2)CC(C)C)cc1. The van der Waals surface area contributed by atoms with Crippen molar-refractivity contribution >= 4 is 23.5 Å². The molecule has 0 radical (unpaired) electrons. The molecule has 0 spiro atoms. The predicted molar refractivity (Wildman–Crippen MR) is 149 cm³/mol. The van der Waals surface area contributed by atoms with Crippen LogP contribution in [0.15, 0.2) is 60.7 Å². The average molecular weight is 538 g/mol. The highest BCUT2D eigenvalue weighted by molar-refractivity contribution is 5.95. The third-order valence-corrected chi connectivity index (χ3v) is 6.39. The van der Waals surface area contributed by atoms with Gasteiger partial charge in [-0.3, -0.25) is 9.59 Å². The lowest BCUT2D eigenvalue weighted by atomic mass is 9.90. The summed E-state index contributed by atoms with van der Waals surface area (Å²) in [6.45, 7) is 8.41. The van der Waals surface area contributed by atoms with Gasteiger partial charge in [-0.05, 0) is 89.4 Å². The van der Waals surface area contributed by atoms with Crippen LogP contribution in [0.25, 0.3) is 22.8 Å². The van der Waals surface area contributed by atoms with Crippen molar-refractivity contribution in [3.8, 4) is 11.1 Å². The van der Waals surface area contributed by atoms with Crippen LogP contribution in [-0.2, 0) is 15.7 Å². The van der Waals surface area contributed by atoms with Crippen LogP contribution in [0.2, 0.25) is 0 Å². The molecule has 0 heterocycles. The standard InChI is InChI=1S/C32H34F3NO3/c1-20(2)16-27(24-6-8-26(9-7-24)31(38)36-15-14-29(37)39-5)19-23-17-21(3)30(22(4)18-23)25-10-12-28(13-11-25)32(33,34)35/h6-13,17-20H,14-16H2,1-5H3,(H,36,38)/b27-19+. The Kier molecular flexibility index (Phi) is 9.73. The maximum atomic E-state index is 13.0. The average Bonchev–Trinajstić information content (AvgIpc) is 2.87. The molecule has 0 saturated heterocycles. The molecule has 0 saturated carbocycles. The van der Waals surface area contributed by atoms with E-state index in [-0.39, 0.29) is 24.8 Å². The Labute approximate surface area is 227 Å². The van der Waals surface area contributed by atoms with Gasteiger partial charge in [0.2, 0.25) is 0 Å². The van der Waals surface area contributed by atoms with Crippen molar-refractivity contribution in [2.24, 2.45) is 5.92 Å². The van der Waals surface area contributed by atoms with Crippen molar-refractivity contribution in [3.05, 3.63) is 94.0 Å². The number of hydrogen-bond donors (Lipinski definition) is 1. The van der Waals surface area contributed by atoms with Gasteiger partial charge in [0, 0.05) is 12.1 Å². The summed E-state index contributed by atoms with van der Waals surface area (Å²) >= 11 is 0. The fourth-order valence-corrected chi connectivity index (χ4v) is 4.58. The number of rotatable bonds is 9. The number of nitrogens with one attached hydrogen (secondary N) is 1. The Hall–Kier alpha value is -3.87. The van der Waals surface area contributed by atoms with Gasteiger partial charge >= 0.3 is 12.1 Å². The van der Waals surface area contributed by atoms with Crippen LogP contribution < -0.4 is 5.32 Å². The third kappa shape index (κ3) is 8.06. The van der Waals surface area contributed by atoms with Crippen molar-refractivity contribution in [1.82, 2.24) is 5.32 Å². The molecule has 0 atom stereocenters. The molecule has 0 unspecified atom stereocenters. The molecule has 0 fully saturated rings. The van der Waals surface area contributed by atoms with Gasteiger partial charge in [-0.25, -0.2) is 0 Å². The second-order valence-corrected chi connectivity index (χ2v) is 10.0. The summed E-state index contributed by atoms with van der Waals surface area (Å²) in [5.41, 5.74) is 6.57. The van der Waals surface area contributed by atoms with Gasteiger partial charge in [-0.2, -0.15) is 13.2 Å². The van der Waals surface area contributed by atoms with E-state index in [1.807, 2.05) is 38.1 Å². The number of aryl methyl sites for hydroxylation is 2. The number of hydrogen-bond acceptors (Lipinski definition) is 3. The minimum Gasteiger partial charge on any atom is -0.469 e. The lowest BCUT2D eigenvalue weighted by molar-refractivity contribution is -0.140. The third-order valence-electron chi connectivity index (χ3n) is 6.39. The lowest BCUT2D eigenvalue weighted by Gasteiger charge is -2.15. The number of carbonyl (C=O) groups excluding carboxylic acids is 2. The molecule has 0 aliphatic rings. The van der Waals surface area contributed by atoms with E-state index in [0.29, 0.717) is 11.5 Å². The van der Waals surface area contributed by atoms with E-state index in [1.54, 1.807) is 12.1 Å². The molecule has 206 valence electrons. The Morgan fingerprint density at radius 1 is 0.923 bits per heavy atom. The molecule has 3 aromatic rings. The Morgan fingerprint density at radius 3 is 2.00 bits per heavy atom. The van der Waals surface area contributed by atoms with Crippen LogP contribution in [-0.4, -0.2) is 25.5 Å². The van der Waals surface area contributed by atoms with Crippen LogP contribution in [0.4, 0.5) is 13.2 Å². The quantitative estimate of drug-likeness (QED) is 0.223. The first-order valence-electron chi connectivity index (χ1n) is 12.8. The van der Waals surface area contributed by atoms with E-state index in [4.69, 9.17) is 0 Å². The van der Waals surface area contributed by atoms with Crippen LogP contribution >= 0.6 is 0 Å². The van der Waals surface area contributed by atoms with Crippen molar-refractivity contribution in [2.45, 2.75) is 46.7 Å². The monoisotopic (exact) mass is 537 g/mol. The van der Waals surface area contributed by atoms with Crippen LogP contribution in [0, 0.1) is 19.8 Å². The van der Waals surface area contributed by atoms with Gasteiger partial charge in [0.25, 0.3) is 5.91 Å². The summed E-state index contributed by atoms with van der Waals surface area (Å²) in [5.74, 6) is -0.247. The van der Waals surface area contributed by atoms with Crippen LogP contribution in [0.1, 0.15) is 64.9 Å². The maximum Gasteiger partial charge on any atom is 0.416 e. The van der Waals surface area contributed by atoms with Crippen LogP contribution in [0.3, 0.4) is 0 Å². The minimum atomic E-state index is -4.36. The van der Waals surface area contributed by atoms with Crippen molar-refractivity contribution in [1.29, 1.82) is 0 Å². The minimum absolute atomic E-state index is 0.109. The summed E-state index contributed by atoms with van der Waals surface area (Å²) < 4.78 is 43.6. The number of methoxy groups -OCH3 is 1. The number of ether oxygens (including phenoxy) is 1. The number of halogens is 3. The van der Waals surface area contributed by atoms with Crippen LogP contribution in [0.5, 0.6) is 0 Å². The lowest BCUT2D eigenvalue weighted by Crippen LogP contribution is -2.26. The predicted octanol–water partition coefficient (Wildman–Crippen LogP) is 7.87. The Morgan fingerprint density at radius 2 is 1.49 bits per heavy atom. The number of amides is 1. The van der Waals surface area contributed by atoms with Gasteiger partial charge in [-0.15, -0.1) is 0 Å². The van der Waals surface area contributed by atoms with Gasteiger partial charge < -0.3 is 10.1 Å². The Bertz CT molecular complexity index is 1320. The van der Waals surface area contributed by atoms with Gasteiger partial charge in [0.05, 0.1) is 19.1 Å². The molecule has 0 aromatic heterocycles. The molecule has 7 heteroatoms. The van der Waals surface area contributed by atoms with Gasteiger partial charge in [-0.1, -0.05) is 56.3 Å². The van der Waals surface area contributed by atoms with E-state index in [0.717, 1.165) is 57.5 Å². The maximum absolute atomic E-state index is 13.0. The molecule has 4 nitrogen and oxygen atoms in total. The van der Waals surface area contributed by atoms with E-state index in [9.17, 15) is 22.8 Å². The first-order chi connectivity index (χ1) is 18.4. The topological polar surface area (TPSA) is 55.4 Å². The highest BCUT2D eigenvalue weighted by Crippen LogP contribution is 2.34. The summed E-state index contributed by atoms with van der Waals surface area (Å²) in [7, 11) is 1.31. The second kappa shape index (κ2) is 12.8. The summed E-state index contributed by atoms with van der Waals surface area (Å²) in [4.78, 5) is 23.7. The van der Waals surface area contributed by atoms with Gasteiger partial charge in [0.1, 0.15) is 0 Å². The molecular formula is C32H34F3NO3. The fourth-order valence-electron chi connectivity index (χ4n) is 4.58. The van der Waals surface area contributed by atoms with E-state index >= 15 is 0 Å². The fraction of sp³-hybridized carbons (Fsp3) is 0.312. The number of benzene rings is 3. The molecule has 0 aliphatic carbocycles. The number of allylic oxidation sites excluding steroid dienone is 1. The summed E-state index contributed by atoms with van der Waals surface area (Å²) in [6.07, 6.45) is -1.31. The highest BCUT2D eigenvalue weighted by atomic mass is 19.4. The Balaban J connectivity index is 1.86. The molecule has 39 heavy (non-hydrogen) atoms. The zero-order chi connectivity index (χ0) is 28.7. The zero-order valence-corrected chi connectivity index (χ0v) is 22.9. The molecule has 3 rings (SSSR count). The van der Waals surface area contributed by atoms with Gasteiger partial charge in [0.15, 0.2) is 0 Å². The first kappa shape index (κ1) is 29.7. The molecule has 0 bridgehead atoms. The summed E-state index contributed by atoms with van der Waals surface area (Å²) in [6, 6.07) is 16.7. The van der Waals surface area contributed by atoms with E-state index in [1.165, 1.54) is 19.2 Å². The largest absolute Gasteiger partial charge is 0.469 e. The molecule has 0 aliphatic heterocycles. The van der Waals surface area contributed by atoms with E-state index in [2.05, 4.69) is 30.0 Å². The first-order valence-corrected chi connectivity index (χ1v) is 12.8. The molecule has 1 amide bonds. The molecule has 1 N–H and O–H groups in total. The van der Waals surface area contributed by atoms with Crippen molar-refractivity contribution in [2.75, 3.05) is 13.7 Å². The molecule has 3 aromatic carbocycles. The number of alkyl halides is 3. The molecular weight excluding hydrogens is 503 g/mol. The highest BCUT2D eigenvalue weighted by Gasteiger charge is 2.30. The second-order valence-electron chi connectivity index (χ2n) is 10.0.